The third kappa shape index (κ3) is 2.61. The molecule has 0 atom stereocenters. The van der Waals surface area contributed by atoms with Crippen LogP contribution in [0.5, 0.6) is 0 Å². The van der Waals surface area contributed by atoms with Crippen molar-refractivity contribution in [3.05, 3.63) is 46.8 Å². The second-order valence-corrected chi connectivity index (χ2v) is 5.36. The monoisotopic (exact) mass is 339 g/mol. The molecule has 0 spiro atoms. The zero-order chi connectivity index (χ0) is 17.5. The first-order valence-electron chi connectivity index (χ1n) is 7.02. The van der Waals surface area contributed by atoms with E-state index in [2.05, 4.69) is 5.10 Å². The normalized spacial score (nSPS) is 14.4. The Bertz CT molecular complexity index is 814. The van der Waals surface area contributed by atoms with Gasteiger partial charge in [0.2, 0.25) is 6.41 Å². The highest BCUT2D eigenvalue weighted by Crippen LogP contribution is 2.35. The van der Waals surface area contributed by atoms with Crippen LogP contribution in [0.25, 0.3) is 5.69 Å². The number of alkyl halides is 3. The maximum Gasteiger partial charge on any atom is 0.434 e. The van der Waals surface area contributed by atoms with Gasteiger partial charge in [0.25, 0.3) is 0 Å². The molecule has 1 aromatic heterocycles. The van der Waals surface area contributed by atoms with Crippen molar-refractivity contribution in [2.45, 2.75) is 19.1 Å². The largest absolute Gasteiger partial charge is 0.478 e. The molecule has 1 aliphatic heterocycles. The van der Waals surface area contributed by atoms with Gasteiger partial charge in [-0.15, -0.1) is 0 Å². The average molecular weight is 339 g/mol. The van der Waals surface area contributed by atoms with E-state index in [4.69, 9.17) is 5.11 Å². The Labute approximate surface area is 134 Å². The molecule has 0 bridgehead atoms. The summed E-state index contributed by atoms with van der Waals surface area (Å²) in [5.41, 5.74) is -0.697. The standard InChI is InChI=1S/C15H12F3N3O3/c16-15(17,18)13-11(14(23)24)6-19-21(13)12-3-1-2-9-7-20(8-22)5-4-10(9)12/h1-3,6,8H,4-5,7H2,(H,23,24). The SMILES string of the molecule is O=CN1CCc2c(cccc2-n2ncc(C(=O)O)c2C(F)(F)F)C1. The van der Waals surface area contributed by atoms with Gasteiger partial charge >= 0.3 is 12.1 Å². The second kappa shape index (κ2) is 5.66. The average Bonchev–Trinajstić information content (AvgIpc) is 2.99. The minimum atomic E-state index is -4.86. The fourth-order valence-electron chi connectivity index (χ4n) is 2.86. The molecule has 0 radical (unpaired) electrons. The highest BCUT2D eigenvalue weighted by Gasteiger charge is 2.41. The Morgan fingerprint density at radius 2 is 2.08 bits per heavy atom. The molecule has 0 fully saturated rings. The van der Waals surface area contributed by atoms with Gasteiger partial charge in [0.15, 0.2) is 5.69 Å². The van der Waals surface area contributed by atoms with Gasteiger partial charge in [-0.05, 0) is 23.6 Å². The number of halogens is 3. The molecule has 2 heterocycles. The van der Waals surface area contributed by atoms with Crippen LogP contribution in [0.2, 0.25) is 0 Å². The number of fused-ring (bicyclic) bond motifs is 1. The van der Waals surface area contributed by atoms with Crippen molar-refractivity contribution in [1.82, 2.24) is 14.7 Å². The number of rotatable bonds is 3. The molecule has 9 heteroatoms. The van der Waals surface area contributed by atoms with Crippen LogP contribution in [-0.2, 0) is 23.9 Å². The van der Waals surface area contributed by atoms with Crippen molar-refractivity contribution in [3.8, 4) is 5.69 Å². The van der Waals surface area contributed by atoms with Crippen LogP contribution in [0.1, 0.15) is 27.2 Å². The maximum atomic E-state index is 13.4. The third-order valence-corrected chi connectivity index (χ3v) is 3.92. The Morgan fingerprint density at radius 1 is 1.33 bits per heavy atom. The summed E-state index contributed by atoms with van der Waals surface area (Å²) in [6.07, 6.45) is -3.11. The van der Waals surface area contributed by atoms with E-state index in [1.165, 1.54) is 11.0 Å². The maximum absolute atomic E-state index is 13.4. The number of amides is 1. The van der Waals surface area contributed by atoms with Gasteiger partial charge in [0.05, 0.1) is 11.9 Å². The van der Waals surface area contributed by atoms with Gasteiger partial charge in [-0.1, -0.05) is 12.1 Å². The van der Waals surface area contributed by atoms with E-state index in [0.717, 1.165) is 0 Å². The summed E-state index contributed by atoms with van der Waals surface area (Å²) in [5, 5.41) is 12.6. The lowest BCUT2D eigenvalue weighted by atomic mass is 9.98. The van der Waals surface area contributed by atoms with Gasteiger partial charge < -0.3 is 10.0 Å². The van der Waals surface area contributed by atoms with Crippen LogP contribution in [0, 0.1) is 0 Å². The molecular formula is C15H12F3N3O3. The molecule has 1 amide bonds. The highest BCUT2D eigenvalue weighted by atomic mass is 19.4. The van der Waals surface area contributed by atoms with Crippen LogP contribution >= 0.6 is 0 Å². The van der Waals surface area contributed by atoms with Gasteiger partial charge in [-0.3, -0.25) is 4.79 Å². The Kier molecular flexibility index (Phi) is 3.78. The molecule has 3 rings (SSSR count). The zero-order valence-electron chi connectivity index (χ0n) is 12.2. The quantitative estimate of drug-likeness (QED) is 0.869. The fraction of sp³-hybridized carbons (Fsp3) is 0.267. The minimum absolute atomic E-state index is 0.179. The number of carbonyl (C=O) groups is 2. The number of carbonyl (C=O) groups excluding carboxylic acids is 1. The minimum Gasteiger partial charge on any atom is -0.478 e. The van der Waals surface area contributed by atoms with E-state index in [1.54, 1.807) is 12.1 Å². The third-order valence-electron chi connectivity index (χ3n) is 3.92. The van der Waals surface area contributed by atoms with Crippen molar-refractivity contribution in [2.75, 3.05) is 6.54 Å². The van der Waals surface area contributed by atoms with E-state index < -0.39 is 23.4 Å². The molecule has 1 aliphatic rings. The second-order valence-electron chi connectivity index (χ2n) is 5.36. The molecule has 1 aromatic carbocycles. The summed E-state index contributed by atoms with van der Waals surface area (Å²) >= 11 is 0. The Balaban J connectivity index is 2.18. The summed E-state index contributed by atoms with van der Waals surface area (Å²) in [7, 11) is 0. The summed E-state index contributed by atoms with van der Waals surface area (Å²) in [5.74, 6) is -1.69. The van der Waals surface area contributed by atoms with Crippen LogP contribution in [0.15, 0.2) is 24.4 Å². The Hall–Kier alpha value is -2.84. The van der Waals surface area contributed by atoms with E-state index in [0.29, 0.717) is 47.9 Å². The summed E-state index contributed by atoms with van der Waals surface area (Å²) in [4.78, 5) is 23.5. The lowest BCUT2D eigenvalue weighted by molar-refractivity contribution is -0.143. The first-order chi connectivity index (χ1) is 11.3. The summed E-state index contributed by atoms with van der Waals surface area (Å²) in [6, 6.07) is 4.75. The molecule has 1 N–H and O–H groups in total. The highest BCUT2D eigenvalue weighted by molar-refractivity contribution is 5.89. The van der Waals surface area contributed by atoms with Crippen molar-refractivity contribution in [1.29, 1.82) is 0 Å². The van der Waals surface area contributed by atoms with Crippen LogP contribution in [0.3, 0.4) is 0 Å². The smallest absolute Gasteiger partial charge is 0.434 e. The molecule has 126 valence electrons. The van der Waals surface area contributed by atoms with Crippen molar-refractivity contribution >= 4 is 12.4 Å². The molecule has 0 unspecified atom stereocenters. The number of benzene rings is 1. The van der Waals surface area contributed by atoms with Gasteiger partial charge in [0, 0.05) is 13.1 Å². The number of hydrogen-bond donors (Lipinski definition) is 1. The first-order valence-corrected chi connectivity index (χ1v) is 7.02. The van der Waals surface area contributed by atoms with Crippen molar-refractivity contribution in [3.63, 3.8) is 0 Å². The lowest BCUT2D eigenvalue weighted by Crippen LogP contribution is -2.30. The molecule has 0 aliphatic carbocycles. The molecule has 6 nitrogen and oxygen atoms in total. The Morgan fingerprint density at radius 3 is 2.71 bits per heavy atom. The fourth-order valence-corrected chi connectivity index (χ4v) is 2.86. The lowest BCUT2D eigenvalue weighted by Gasteiger charge is -2.27. The molecular weight excluding hydrogens is 327 g/mol. The number of carboxylic acid groups (broad SMARTS) is 1. The molecule has 0 saturated heterocycles. The molecule has 24 heavy (non-hydrogen) atoms. The molecule has 0 saturated carbocycles. The first kappa shape index (κ1) is 16.0. The number of nitrogens with zero attached hydrogens (tertiary/aromatic N) is 3. The van der Waals surface area contributed by atoms with Gasteiger partial charge in [0.1, 0.15) is 5.56 Å². The number of carboxylic acids is 1. The molecule has 2 aromatic rings. The number of aromatic nitrogens is 2. The van der Waals surface area contributed by atoms with E-state index in [-0.39, 0.29) is 5.69 Å². The topological polar surface area (TPSA) is 75.4 Å². The number of hydrogen-bond acceptors (Lipinski definition) is 3. The van der Waals surface area contributed by atoms with Crippen LogP contribution in [0.4, 0.5) is 13.2 Å². The number of aromatic carboxylic acids is 1. The van der Waals surface area contributed by atoms with Crippen molar-refractivity contribution in [2.24, 2.45) is 0 Å². The van der Waals surface area contributed by atoms with E-state index >= 15 is 0 Å². The van der Waals surface area contributed by atoms with Crippen LogP contribution < -0.4 is 0 Å². The summed E-state index contributed by atoms with van der Waals surface area (Å²) < 4.78 is 40.7. The predicted octanol–water partition coefficient (Wildman–Crippen LogP) is 2.10. The van der Waals surface area contributed by atoms with E-state index in [1.807, 2.05) is 0 Å². The van der Waals surface area contributed by atoms with Crippen molar-refractivity contribution < 1.29 is 27.9 Å². The predicted molar refractivity (Wildman–Crippen MR) is 75.7 cm³/mol. The van der Waals surface area contributed by atoms with Crippen LogP contribution in [-0.4, -0.2) is 38.7 Å². The summed E-state index contributed by atoms with van der Waals surface area (Å²) in [6.45, 7) is 0.670. The zero-order valence-corrected chi connectivity index (χ0v) is 12.2. The van der Waals surface area contributed by atoms with Gasteiger partial charge in [-0.2, -0.15) is 18.3 Å². The van der Waals surface area contributed by atoms with Gasteiger partial charge in [-0.25, -0.2) is 9.48 Å². The van der Waals surface area contributed by atoms with E-state index in [9.17, 15) is 22.8 Å².